The minimum absolute atomic E-state index is 0.567. The van der Waals surface area contributed by atoms with E-state index >= 15 is 0 Å². The van der Waals surface area contributed by atoms with Crippen molar-refractivity contribution in [1.82, 2.24) is 4.90 Å². The number of likely N-dealkylation sites (N-methyl/N-ethyl adjacent to an activating group) is 2. The third-order valence-corrected chi connectivity index (χ3v) is 3.15. The topological polar surface area (TPSA) is 67.8 Å². The Hall–Kier alpha value is -1.62. The molecule has 5 nitrogen and oxygen atoms in total. The summed E-state index contributed by atoms with van der Waals surface area (Å²) in [7, 11) is 5.72. The fraction of sp³-hybridized carbons (Fsp3) is 0.538. The summed E-state index contributed by atoms with van der Waals surface area (Å²) in [6.45, 7) is 5.07. The first-order valence-electron chi connectivity index (χ1n) is 6.12. The van der Waals surface area contributed by atoms with Crippen LogP contribution in [-0.4, -0.2) is 45.7 Å². The molecular formula is C13H24N4O. The lowest BCUT2D eigenvalue weighted by molar-refractivity contribution is 0.360. The van der Waals surface area contributed by atoms with Crippen LogP contribution in [0, 0.1) is 0 Å². The van der Waals surface area contributed by atoms with Crippen molar-refractivity contribution in [1.29, 1.82) is 0 Å². The van der Waals surface area contributed by atoms with Crippen LogP contribution >= 0.6 is 0 Å². The summed E-state index contributed by atoms with van der Waals surface area (Å²) in [5, 5.41) is 0. The van der Waals surface area contributed by atoms with E-state index in [0.717, 1.165) is 25.3 Å². The van der Waals surface area contributed by atoms with Crippen molar-refractivity contribution in [3.63, 3.8) is 0 Å². The number of nitrogens with zero attached hydrogens (tertiary/aromatic N) is 2. The zero-order valence-corrected chi connectivity index (χ0v) is 11.7. The van der Waals surface area contributed by atoms with E-state index in [2.05, 4.69) is 23.8 Å². The third-order valence-electron chi connectivity index (χ3n) is 3.15. The van der Waals surface area contributed by atoms with Gasteiger partial charge in [-0.1, -0.05) is 6.92 Å². The van der Waals surface area contributed by atoms with Crippen molar-refractivity contribution < 1.29 is 4.74 Å². The molecule has 0 spiro atoms. The minimum atomic E-state index is 0.567. The van der Waals surface area contributed by atoms with Crippen molar-refractivity contribution in [2.45, 2.75) is 6.92 Å². The molecule has 1 aromatic rings. The maximum Gasteiger partial charge on any atom is 0.143 e. The Morgan fingerprint density at radius 2 is 1.78 bits per heavy atom. The molecule has 0 aliphatic heterocycles. The first-order valence-corrected chi connectivity index (χ1v) is 6.12. The van der Waals surface area contributed by atoms with Gasteiger partial charge >= 0.3 is 0 Å². The first-order chi connectivity index (χ1) is 8.49. The van der Waals surface area contributed by atoms with Crippen LogP contribution in [0.1, 0.15) is 6.92 Å². The summed E-state index contributed by atoms with van der Waals surface area (Å²) in [5.74, 6) is 0.662. The molecule has 1 aromatic carbocycles. The number of nitrogens with two attached hydrogens (primary N) is 2. The van der Waals surface area contributed by atoms with E-state index in [4.69, 9.17) is 16.2 Å². The highest BCUT2D eigenvalue weighted by Gasteiger charge is 2.10. The summed E-state index contributed by atoms with van der Waals surface area (Å²) >= 11 is 0. The van der Waals surface area contributed by atoms with Gasteiger partial charge in [-0.3, -0.25) is 0 Å². The molecule has 102 valence electrons. The normalized spacial score (nSPS) is 10.7. The number of ether oxygens (including phenoxy) is 1. The number of hydrogen-bond donors (Lipinski definition) is 2. The lowest BCUT2D eigenvalue weighted by Crippen LogP contribution is -2.31. The molecule has 0 radical (unpaired) electrons. The van der Waals surface area contributed by atoms with E-state index < -0.39 is 0 Å². The number of methoxy groups -OCH3 is 1. The number of rotatable bonds is 6. The second-order valence-electron chi connectivity index (χ2n) is 4.47. The van der Waals surface area contributed by atoms with Gasteiger partial charge in [0.15, 0.2) is 0 Å². The number of benzene rings is 1. The van der Waals surface area contributed by atoms with E-state index in [1.54, 1.807) is 13.2 Å². The van der Waals surface area contributed by atoms with E-state index in [1.807, 2.05) is 13.1 Å². The van der Waals surface area contributed by atoms with Crippen LogP contribution in [0.25, 0.3) is 0 Å². The number of nitrogen functional groups attached to an aromatic ring is 2. The second kappa shape index (κ2) is 6.35. The van der Waals surface area contributed by atoms with Crippen LogP contribution < -0.4 is 21.1 Å². The number of anilines is 3. The predicted octanol–water partition coefficient (Wildman–Crippen LogP) is 1.25. The van der Waals surface area contributed by atoms with Crippen molar-refractivity contribution in [3.8, 4) is 5.75 Å². The van der Waals surface area contributed by atoms with Gasteiger partial charge < -0.3 is 26.0 Å². The molecule has 18 heavy (non-hydrogen) atoms. The Kier molecular flexibility index (Phi) is 5.09. The van der Waals surface area contributed by atoms with E-state index in [1.165, 1.54) is 0 Å². The van der Waals surface area contributed by atoms with Crippen LogP contribution in [-0.2, 0) is 0 Å². The highest BCUT2D eigenvalue weighted by molar-refractivity contribution is 5.76. The molecular weight excluding hydrogens is 228 g/mol. The molecule has 0 atom stereocenters. The Bertz CT molecular complexity index is 395. The molecule has 0 aliphatic carbocycles. The van der Waals surface area contributed by atoms with Crippen LogP contribution in [0.15, 0.2) is 12.1 Å². The van der Waals surface area contributed by atoms with E-state index in [0.29, 0.717) is 17.1 Å². The summed E-state index contributed by atoms with van der Waals surface area (Å²) < 4.78 is 5.22. The Morgan fingerprint density at radius 3 is 2.33 bits per heavy atom. The van der Waals surface area contributed by atoms with Gasteiger partial charge in [-0.05, 0) is 19.7 Å². The Morgan fingerprint density at radius 1 is 1.11 bits per heavy atom. The zero-order chi connectivity index (χ0) is 13.7. The Labute approximate surface area is 109 Å². The van der Waals surface area contributed by atoms with Gasteiger partial charge in [-0.2, -0.15) is 0 Å². The first kappa shape index (κ1) is 14.4. The van der Waals surface area contributed by atoms with Gasteiger partial charge in [-0.15, -0.1) is 0 Å². The van der Waals surface area contributed by atoms with Crippen LogP contribution in [0.5, 0.6) is 5.75 Å². The van der Waals surface area contributed by atoms with Gasteiger partial charge in [-0.25, -0.2) is 0 Å². The van der Waals surface area contributed by atoms with Crippen molar-refractivity contribution >= 4 is 17.1 Å². The molecule has 0 bridgehead atoms. The summed E-state index contributed by atoms with van der Waals surface area (Å²) in [4.78, 5) is 4.37. The zero-order valence-electron chi connectivity index (χ0n) is 11.7. The van der Waals surface area contributed by atoms with Gasteiger partial charge in [0, 0.05) is 26.2 Å². The summed E-state index contributed by atoms with van der Waals surface area (Å²) in [6.07, 6.45) is 0. The molecule has 4 N–H and O–H groups in total. The molecule has 0 saturated carbocycles. The third kappa shape index (κ3) is 3.43. The van der Waals surface area contributed by atoms with Crippen molar-refractivity contribution in [2.24, 2.45) is 0 Å². The van der Waals surface area contributed by atoms with E-state index in [-0.39, 0.29) is 0 Å². The lowest BCUT2D eigenvalue weighted by atomic mass is 10.2. The monoisotopic (exact) mass is 252 g/mol. The molecule has 0 saturated heterocycles. The molecule has 5 heteroatoms. The van der Waals surface area contributed by atoms with Gasteiger partial charge in [0.2, 0.25) is 0 Å². The van der Waals surface area contributed by atoms with Crippen molar-refractivity contribution in [3.05, 3.63) is 12.1 Å². The fourth-order valence-electron chi connectivity index (χ4n) is 1.71. The average Bonchev–Trinajstić information content (AvgIpc) is 2.35. The predicted molar refractivity (Wildman–Crippen MR) is 78.3 cm³/mol. The molecule has 0 unspecified atom stereocenters. The minimum Gasteiger partial charge on any atom is -0.495 e. The SMILES string of the molecule is CCN(C)CCN(C)c1cc(OC)c(N)cc1N. The smallest absolute Gasteiger partial charge is 0.143 e. The van der Waals surface area contributed by atoms with Gasteiger partial charge in [0.25, 0.3) is 0 Å². The molecule has 0 aliphatic rings. The van der Waals surface area contributed by atoms with Gasteiger partial charge in [0.1, 0.15) is 5.75 Å². The van der Waals surface area contributed by atoms with Gasteiger partial charge in [0.05, 0.1) is 24.2 Å². The highest BCUT2D eigenvalue weighted by Crippen LogP contribution is 2.32. The quantitative estimate of drug-likeness (QED) is 0.746. The molecule has 0 amide bonds. The maximum absolute atomic E-state index is 5.99. The standard InChI is InChI=1S/C13H24N4O/c1-5-16(2)6-7-17(3)12-9-13(18-4)11(15)8-10(12)14/h8-9H,5-7,14-15H2,1-4H3. The summed E-state index contributed by atoms with van der Waals surface area (Å²) in [5.41, 5.74) is 14.0. The largest absolute Gasteiger partial charge is 0.495 e. The van der Waals surface area contributed by atoms with Crippen LogP contribution in [0.3, 0.4) is 0 Å². The molecule has 0 fully saturated rings. The van der Waals surface area contributed by atoms with Crippen molar-refractivity contribution in [2.75, 3.05) is 57.2 Å². The van der Waals surface area contributed by atoms with E-state index in [9.17, 15) is 0 Å². The molecule has 0 heterocycles. The Balaban J connectivity index is 2.81. The number of hydrogen-bond acceptors (Lipinski definition) is 5. The lowest BCUT2D eigenvalue weighted by Gasteiger charge is -2.24. The van der Waals surface area contributed by atoms with Crippen LogP contribution in [0.4, 0.5) is 17.1 Å². The second-order valence-corrected chi connectivity index (χ2v) is 4.47. The fourth-order valence-corrected chi connectivity index (χ4v) is 1.71. The molecule has 0 aromatic heterocycles. The summed E-state index contributed by atoms with van der Waals surface area (Å²) in [6, 6.07) is 3.63. The van der Waals surface area contributed by atoms with Crippen LogP contribution in [0.2, 0.25) is 0 Å². The highest BCUT2D eigenvalue weighted by atomic mass is 16.5. The maximum atomic E-state index is 5.99. The average molecular weight is 252 g/mol. The molecule has 1 rings (SSSR count).